The Hall–Kier alpha value is -3.17. The number of nitrogens with zero attached hydrogens (tertiary/aromatic N) is 2. The molecule has 0 aliphatic carbocycles. The quantitative estimate of drug-likeness (QED) is 0.655. The van der Waals surface area contributed by atoms with Crippen molar-refractivity contribution in [1.29, 1.82) is 0 Å². The van der Waals surface area contributed by atoms with Crippen LogP contribution in [0.3, 0.4) is 0 Å². The summed E-state index contributed by atoms with van der Waals surface area (Å²) in [7, 11) is -3.97. The summed E-state index contributed by atoms with van der Waals surface area (Å²) >= 11 is 0. The molecule has 0 unspecified atom stereocenters. The second-order valence-electron chi connectivity index (χ2n) is 5.66. The maximum atomic E-state index is 14.4. The van der Waals surface area contributed by atoms with E-state index in [2.05, 4.69) is 10.2 Å². The summed E-state index contributed by atoms with van der Waals surface area (Å²) in [5.41, 5.74) is 3.18. The normalized spacial score (nSPS) is 11.2. The molecule has 0 fully saturated rings. The number of halogens is 1. The highest BCUT2D eigenvalue weighted by Gasteiger charge is 2.19. The fourth-order valence-corrected chi connectivity index (χ4v) is 3.26. The van der Waals surface area contributed by atoms with Gasteiger partial charge in [-0.15, -0.1) is 4.83 Å². The van der Waals surface area contributed by atoms with Crippen LogP contribution in [0.25, 0.3) is 11.1 Å². The van der Waals surface area contributed by atoms with Crippen molar-refractivity contribution in [2.75, 3.05) is 0 Å². The molecular weight excluding hydrogens is 371 g/mol. The van der Waals surface area contributed by atoms with E-state index in [1.165, 1.54) is 37.5 Å². The van der Waals surface area contributed by atoms with Gasteiger partial charge in [-0.05, 0) is 48.4 Å². The number of carbonyl (C=O) groups is 1. The fourth-order valence-electron chi connectivity index (χ4n) is 2.40. The average Bonchev–Trinajstić information content (AvgIpc) is 2.69. The highest BCUT2D eigenvalue weighted by Crippen LogP contribution is 2.24. The molecule has 27 heavy (non-hydrogen) atoms. The average molecular weight is 386 g/mol. The molecule has 1 heterocycles. The Morgan fingerprint density at radius 3 is 2.44 bits per heavy atom. The number of nitrogens with one attached hydrogen (secondary N) is 2. The molecule has 0 bridgehead atoms. The van der Waals surface area contributed by atoms with E-state index in [1.54, 1.807) is 30.3 Å². The van der Waals surface area contributed by atoms with Crippen molar-refractivity contribution < 1.29 is 17.6 Å². The minimum atomic E-state index is -3.97. The van der Waals surface area contributed by atoms with Gasteiger partial charge in [0.1, 0.15) is 5.82 Å². The Kier molecular flexibility index (Phi) is 5.24. The molecule has 9 heteroatoms. The zero-order valence-electron chi connectivity index (χ0n) is 14.2. The van der Waals surface area contributed by atoms with E-state index in [0.29, 0.717) is 11.1 Å². The molecule has 3 aromatic rings. The van der Waals surface area contributed by atoms with Crippen LogP contribution in [-0.2, 0) is 10.0 Å². The lowest BCUT2D eigenvalue weighted by molar-refractivity contribution is 0.0941. The minimum Gasteiger partial charge on any atom is -0.273 e. The first-order valence-electron chi connectivity index (χ1n) is 7.83. The van der Waals surface area contributed by atoms with E-state index in [1.807, 2.05) is 10.3 Å². The molecule has 1 aromatic heterocycles. The summed E-state index contributed by atoms with van der Waals surface area (Å²) < 4.78 is 38.8. The van der Waals surface area contributed by atoms with Crippen LogP contribution < -0.4 is 10.3 Å². The minimum absolute atomic E-state index is 0.0291. The number of hydrazine groups is 1. The maximum absolute atomic E-state index is 14.4. The van der Waals surface area contributed by atoms with Crippen molar-refractivity contribution in [2.45, 2.75) is 11.8 Å². The molecule has 0 atom stereocenters. The smallest absolute Gasteiger partial charge is 0.269 e. The monoisotopic (exact) mass is 386 g/mol. The molecular formula is C18H15FN4O3S. The lowest BCUT2D eigenvalue weighted by Gasteiger charge is -2.11. The van der Waals surface area contributed by atoms with Gasteiger partial charge in [-0.25, -0.2) is 12.8 Å². The van der Waals surface area contributed by atoms with Gasteiger partial charge in [0, 0.05) is 5.56 Å². The topological polar surface area (TPSA) is 101 Å². The van der Waals surface area contributed by atoms with E-state index in [-0.39, 0.29) is 16.0 Å². The molecule has 2 N–H and O–H groups in total. The first-order chi connectivity index (χ1) is 12.9. The zero-order chi connectivity index (χ0) is 19.4. The Morgan fingerprint density at radius 1 is 1.04 bits per heavy atom. The van der Waals surface area contributed by atoms with Gasteiger partial charge >= 0.3 is 0 Å². The van der Waals surface area contributed by atoms with E-state index < -0.39 is 21.7 Å². The highest BCUT2D eigenvalue weighted by atomic mass is 32.2. The van der Waals surface area contributed by atoms with Crippen molar-refractivity contribution in [3.8, 4) is 11.1 Å². The van der Waals surface area contributed by atoms with Crippen LogP contribution in [0.4, 0.5) is 4.39 Å². The van der Waals surface area contributed by atoms with Crippen molar-refractivity contribution in [2.24, 2.45) is 0 Å². The number of sulfonamides is 1. The lowest BCUT2D eigenvalue weighted by Crippen LogP contribution is -2.41. The first kappa shape index (κ1) is 18.6. The van der Waals surface area contributed by atoms with Crippen LogP contribution >= 0.6 is 0 Å². The van der Waals surface area contributed by atoms with Gasteiger partial charge in [0.15, 0.2) is 0 Å². The third-order valence-corrected chi connectivity index (χ3v) is 5.03. The Labute approximate surface area is 155 Å². The van der Waals surface area contributed by atoms with Crippen LogP contribution in [-0.4, -0.2) is 24.5 Å². The number of hydrogen-bond donors (Lipinski definition) is 2. The molecule has 0 aliphatic heterocycles. The summed E-state index contributed by atoms with van der Waals surface area (Å²) in [6.07, 6.45) is 2.95. The number of carbonyl (C=O) groups excluding carboxylic acids is 1. The van der Waals surface area contributed by atoms with Crippen molar-refractivity contribution in [3.63, 3.8) is 0 Å². The van der Waals surface area contributed by atoms with Gasteiger partial charge in [0.25, 0.3) is 15.9 Å². The molecule has 138 valence electrons. The van der Waals surface area contributed by atoms with Crippen LogP contribution in [0.15, 0.2) is 65.8 Å². The standard InChI is InChI=1S/C18H15FN4O3S/c1-12-9-14(13-7-8-20-21-11-13)10-16(17(12)19)18(24)22-23-27(25,26)15-5-3-2-4-6-15/h2-11,23H,1H3,(H,22,24). The highest BCUT2D eigenvalue weighted by molar-refractivity contribution is 7.89. The van der Waals surface area contributed by atoms with Gasteiger partial charge in [-0.3, -0.25) is 10.2 Å². The second kappa shape index (κ2) is 7.60. The van der Waals surface area contributed by atoms with Crippen LogP contribution in [0.2, 0.25) is 0 Å². The lowest BCUT2D eigenvalue weighted by atomic mass is 10.0. The number of rotatable bonds is 5. The maximum Gasteiger partial charge on any atom is 0.269 e. The Morgan fingerprint density at radius 2 is 1.78 bits per heavy atom. The van der Waals surface area contributed by atoms with Crippen molar-refractivity contribution in [1.82, 2.24) is 20.5 Å². The molecule has 7 nitrogen and oxygen atoms in total. The van der Waals surface area contributed by atoms with Gasteiger partial charge in [0.2, 0.25) is 0 Å². The largest absolute Gasteiger partial charge is 0.273 e. The molecule has 0 aliphatic rings. The predicted octanol–water partition coefficient (Wildman–Crippen LogP) is 2.21. The first-order valence-corrected chi connectivity index (χ1v) is 9.31. The third-order valence-electron chi connectivity index (χ3n) is 3.77. The Bertz CT molecular complexity index is 1070. The molecule has 3 rings (SSSR count). The van der Waals surface area contributed by atoms with E-state index in [4.69, 9.17) is 0 Å². The predicted molar refractivity (Wildman–Crippen MR) is 96.4 cm³/mol. The summed E-state index contributed by atoms with van der Waals surface area (Å²) in [5, 5.41) is 7.43. The number of amides is 1. The van der Waals surface area contributed by atoms with Gasteiger partial charge in [-0.1, -0.05) is 18.2 Å². The van der Waals surface area contributed by atoms with Crippen LogP contribution in [0, 0.1) is 12.7 Å². The number of benzene rings is 2. The summed E-state index contributed by atoms with van der Waals surface area (Å²) in [6, 6.07) is 12.1. The molecule has 0 radical (unpaired) electrons. The molecule has 0 saturated heterocycles. The van der Waals surface area contributed by atoms with E-state index in [9.17, 15) is 17.6 Å². The zero-order valence-corrected chi connectivity index (χ0v) is 15.0. The Balaban J connectivity index is 1.86. The number of aryl methyl sites for hydroxylation is 1. The molecule has 1 amide bonds. The van der Waals surface area contributed by atoms with E-state index in [0.717, 1.165) is 0 Å². The summed E-state index contributed by atoms with van der Waals surface area (Å²) in [4.78, 5) is 14.3. The number of hydrogen-bond acceptors (Lipinski definition) is 5. The second-order valence-corrected chi connectivity index (χ2v) is 7.34. The van der Waals surface area contributed by atoms with Gasteiger partial charge in [0.05, 0.1) is 22.9 Å². The van der Waals surface area contributed by atoms with Gasteiger partial charge in [-0.2, -0.15) is 10.2 Å². The fraction of sp³-hybridized carbons (Fsp3) is 0.0556. The van der Waals surface area contributed by atoms with Crippen molar-refractivity contribution >= 4 is 15.9 Å². The number of aromatic nitrogens is 2. The van der Waals surface area contributed by atoms with Crippen molar-refractivity contribution in [3.05, 3.63) is 77.9 Å². The summed E-state index contributed by atoms with van der Waals surface area (Å²) in [5.74, 6) is -1.66. The van der Waals surface area contributed by atoms with Crippen LogP contribution in [0.1, 0.15) is 15.9 Å². The summed E-state index contributed by atoms with van der Waals surface area (Å²) in [6.45, 7) is 1.51. The van der Waals surface area contributed by atoms with Crippen LogP contribution in [0.5, 0.6) is 0 Å². The molecule has 2 aromatic carbocycles. The molecule has 0 spiro atoms. The van der Waals surface area contributed by atoms with E-state index >= 15 is 0 Å². The SMILES string of the molecule is Cc1cc(-c2ccnnc2)cc(C(=O)NNS(=O)(=O)c2ccccc2)c1F. The third kappa shape index (κ3) is 4.15. The molecule has 0 saturated carbocycles. The van der Waals surface area contributed by atoms with Gasteiger partial charge < -0.3 is 0 Å².